The van der Waals surface area contributed by atoms with E-state index in [4.69, 9.17) is 14.2 Å². The molecule has 1 atom stereocenters. The van der Waals surface area contributed by atoms with Crippen molar-refractivity contribution >= 4 is 17.9 Å². The molecule has 6 heteroatoms. The summed E-state index contributed by atoms with van der Waals surface area (Å²) in [5.74, 6) is -0.887. The average molecular weight is 1060 g/mol. The molecule has 0 aliphatic heterocycles. The molecular weight excluding hydrogens is 937 g/mol. The first-order chi connectivity index (χ1) is 37.5. The zero-order valence-electron chi connectivity index (χ0n) is 50.0. The lowest BCUT2D eigenvalue weighted by atomic mass is 10.0. The first-order valence-electron chi connectivity index (χ1n) is 32.2. The topological polar surface area (TPSA) is 78.9 Å². The molecule has 0 aliphatic carbocycles. The van der Waals surface area contributed by atoms with Crippen LogP contribution in [0, 0.1) is 0 Å². The highest BCUT2D eigenvalue weighted by molar-refractivity contribution is 5.71. The lowest BCUT2D eigenvalue weighted by Crippen LogP contribution is -2.30. The standard InChI is InChI=1S/C70H120O6/c1-4-7-10-13-16-19-21-23-25-27-29-30-31-32-33-34-35-36-37-38-39-40-42-43-45-47-49-51-54-57-60-63-69(72)75-66-67(65-74-68(71)62-59-56-53-18-15-12-9-6-3)76-70(73)64-61-58-55-52-50-48-46-44-41-28-26-24-22-20-17-14-11-8-5-2/h7,10,16,19,23,25,29-30,32-33,35-36,38-39,42-43,67H,4-6,8-9,11-15,17-18,20-22,24,26-28,31,34,37,40-41,44-66H2,1-3H3/b10-7-,19-16-,25-23-,30-29-,33-32-,36-35-,39-38-,43-42-. The van der Waals surface area contributed by atoms with Gasteiger partial charge in [-0.1, -0.05) is 304 Å². The number of carbonyl (C=O) groups excluding carboxylic acids is 3. The Morgan fingerprint density at radius 1 is 0.276 bits per heavy atom. The normalized spacial score (nSPS) is 12.7. The van der Waals surface area contributed by atoms with E-state index in [1.807, 2.05) is 0 Å². The Kier molecular flexibility index (Phi) is 60.8. The van der Waals surface area contributed by atoms with Crippen molar-refractivity contribution in [3.05, 3.63) is 97.2 Å². The van der Waals surface area contributed by atoms with Gasteiger partial charge in [-0.15, -0.1) is 0 Å². The number of rotatable bonds is 58. The van der Waals surface area contributed by atoms with Crippen LogP contribution in [0.3, 0.4) is 0 Å². The number of hydrogen-bond donors (Lipinski definition) is 0. The SMILES string of the molecule is CC/C=C\C/C=C\C/C=C\C/C=C\C/C=C\C/C=C\C/C=C\C/C=C\CCCCCCCCC(=O)OCC(COC(=O)CCCCCCCCCC)OC(=O)CCCCCCCCCCCCCCCCCCCCC. The fourth-order valence-electron chi connectivity index (χ4n) is 9.05. The van der Waals surface area contributed by atoms with Crippen LogP contribution in [0.1, 0.15) is 310 Å². The summed E-state index contributed by atoms with van der Waals surface area (Å²) in [7, 11) is 0. The van der Waals surface area contributed by atoms with E-state index < -0.39 is 6.10 Å². The van der Waals surface area contributed by atoms with Gasteiger partial charge >= 0.3 is 17.9 Å². The minimum Gasteiger partial charge on any atom is -0.462 e. The molecule has 0 saturated heterocycles. The summed E-state index contributed by atoms with van der Waals surface area (Å²) in [6.07, 6.45) is 85.7. The van der Waals surface area contributed by atoms with E-state index in [0.29, 0.717) is 19.3 Å². The smallest absolute Gasteiger partial charge is 0.306 e. The molecule has 0 amide bonds. The van der Waals surface area contributed by atoms with Crippen LogP contribution in [0.4, 0.5) is 0 Å². The van der Waals surface area contributed by atoms with Gasteiger partial charge in [0.05, 0.1) is 0 Å². The van der Waals surface area contributed by atoms with Gasteiger partial charge in [0.2, 0.25) is 0 Å². The molecule has 436 valence electrons. The monoisotopic (exact) mass is 1060 g/mol. The van der Waals surface area contributed by atoms with E-state index in [2.05, 4.69) is 118 Å². The van der Waals surface area contributed by atoms with Gasteiger partial charge in [-0.05, 0) is 83.5 Å². The molecule has 0 rings (SSSR count). The van der Waals surface area contributed by atoms with Gasteiger partial charge in [-0.25, -0.2) is 0 Å². The molecule has 0 aromatic heterocycles. The van der Waals surface area contributed by atoms with E-state index >= 15 is 0 Å². The van der Waals surface area contributed by atoms with Gasteiger partial charge in [0.25, 0.3) is 0 Å². The number of carbonyl (C=O) groups is 3. The molecule has 0 saturated carbocycles. The van der Waals surface area contributed by atoms with E-state index in [1.54, 1.807) is 0 Å². The Balaban J connectivity index is 4.20. The Labute approximate surface area is 470 Å². The highest BCUT2D eigenvalue weighted by atomic mass is 16.6. The Morgan fingerprint density at radius 2 is 0.513 bits per heavy atom. The van der Waals surface area contributed by atoms with Crippen molar-refractivity contribution in [3.63, 3.8) is 0 Å². The van der Waals surface area contributed by atoms with Crippen LogP contribution in [0.2, 0.25) is 0 Å². The van der Waals surface area contributed by atoms with Crippen molar-refractivity contribution in [2.45, 2.75) is 316 Å². The Bertz CT molecular complexity index is 1490. The summed E-state index contributed by atoms with van der Waals surface area (Å²) in [5, 5.41) is 0. The van der Waals surface area contributed by atoms with E-state index in [-0.39, 0.29) is 31.1 Å². The predicted molar refractivity (Wildman–Crippen MR) is 330 cm³/mol. The largest absolute Gasteiger partial charge is 0.462 e. The molecule has 0 spiro atoms. The van der Waals surface area contributed by atoms with E-state index in [0.717, 1.165) is 122 Å². The summed E-state index contributed by atoms with van der Waals surface area (Å²) in [4.78, 5) is 38.1. The fourth-order valence-corrected chi connectivity index (χ4v) is 9.05. The van der Waals surface area contributed by atoms with Crippen molar-refractivity contribution < 1.29 is 28.6 Å². The molecule has 76 heavy (non-hydrogen) atoms. The third-order valence-electron chi connectivity index (χ3n) is 13.9. The molecule has 0 bridgehead atoms. The number of esters is 3. The minimum absolute atomic E-state index is 0.0784. The van der Waals surface area contributed by atoms with Gasteiger partial charge in [0, 0.05) is 19.3 Å². The van der Waals surface area contributed by atoms with Crippen LogP contribution < -0.4 is 0 Å². The molecule has 0 heterocycles. The van der Waals surface area contributed by atoms with Crippen LogP contribution in [0.25, 0.3) is 0 Å². The lowest BCUT2D eigenvalue weighted by Gasteiger charge is -2.18. The molecular formula is C70H120O6. The molecule has 0 aliphatic rings. The van der Waals surface area contributed by atoms with Crippen LogP contribution in [-0.2, 0) is 28.6 Å². The molecule has 0 radical (unpaired) electrons. The first kappa shape index (κ1) is 72.3. The first-order valence-corrected chi connectivity index (χ1v) is 32.2. The van der Waals surface area contributed by atoms with Gasteiger partial charge in [-0.2, -0.15) is 0 Å². The minimum atomic E-state index is -0.780. The number of ether oxygens (including phenoxy) is 3. The van der Waals surface area contributed by atoms with Gasteiger partial charge < -0.3 is 14.2 Å². The zero-order chi connectivity index (χ0) is 55.0. The second-order valence-electron chi connectivity index (χ2n) is 21.3. The van der Waals surface area contributed by atoms with Gasteiger partial charge in [0.15, 0.2) is 6.10 Å². The predicted octanol–water partition coefficient (Wildman–Crippen LogP) is 22.0. The molecule has 0 N–H and O–H groups in total. The molecule has 0 aromatic carbocycles. The molecule has 0 aromatic rings. The van der Waals surface area contributed by atoms with Crippen LogP contribution in [0.15, 0.2) is 97.2 Å². The maximum absolute atomic E-state index is 12.9. The third-order valence-corrected chi connectivity index (χ3v) is 13.9. The van der Waals surface area contributed by atoms with Crippen molar-refractivity contribution in [1.82, 2.24) is 0 Å². The molecule has 0 fully saturated rings. The maximum atomic E-state index is 12.9. The number of unbranched alkanes of at least 4 members (excludes halogenated alkanes) is 31. The summed E-state index contributed by atoms with van der Waals surface area (Å²) in [5.41, 5.74) is 0. The number of allylic oxidation sites excluding steroid dienone is 16. The van der Waals surface area contributed by atoms with Crippen molar-refractivity contribution in [1.29, 1.82) is 0 Å². The Morgan fingerprint density at radius 3 is 0.803 bits per heavy atom. The zero-order valence-corrected chi connectivity index (χ0v) is 50.0. The lowest BCUT2D eigenvalue weighted by molar-refractivity contribution is -0.167. The Hall–Kier alpha value is -3.67. The van der Waals surface area contributed by atoms with E-state index in [9.17, 15) is 14.4 Å². The summed E-state index contributed by atoms with van der Waals surface area (Å²) >= 11 is 0. The maximum Gasteiger partial charge on any atom is 0.306 e. The van der Waals surface area contributed by atoms with Crippen molar-refractivity contribution in [2.24, 2.45) is 0 Å². The van der Waals surface area contributed by atoms with E-state index in [1.165, 1.54) is 148 Å². The van der Waals surface area contributed by atoms with Crippen LogP contribution >= 0.6 is 0 Å². The average Bonchev–Trinajstić information content (AvgIpc) is 3.42. The highest BCUT2D eigenvalue weighted by Gasteiger charge is 2.19. The van der Waals surface area contributed by atoms with Gasteiger partial charge in [0.1, 0.15) is 13.2 Å². The van der Waals surface area contributed by atoms with Crippen molar-refractivity contribution in [3.8, 4) is 0 Å². The fraction of sp³-hybridized carbons (Fsp3) is 0.729. The van der Waals surface area contributed by atoms with Crippen molar-refractivity contribution in [2.75, 3.05) is 13.2 Å². The summed E-state index contributed by atoms with van der Waals surface area (Å²) in [6.45, 7) is 6.51. The second kappa shape index (κ2) is 63.9. The molecule has 1 unspecified atom stereocenters. The summed E-state index contributed by atoms with van der Waals surface area (Å²) < 4.78 is 16.9. The third kappa shape index (κ3) is 61.2. The number of hydrogen-bond acceptors (Lipinski definition) is 6. The van der Waals surface area contributed by atoms with Crippen LogP contribution in [-0.4, -0.2) is 37.2 Å². The quantitative estimate of drug-likeness (QED) is 0.0261. The molecule has 6 nitrogen and oxygen atoms in total. The second-order valence-corrected chi connectivity index (χ2v) is 21.3. The highest BCUT2D eigenvalue weighted by Crippen LogP contribution is 2.17. The van der Waals surface area contributed by atoms with Gasteiger partial charge in [-0.3, -0.25) is 14.4 Å². The summed E-state index contributed by atoms with van der Waals surface area (Å²) in [6, 6.07) is 0. The van der Waals surface area contributed by atoms with Crippen LogP contribution in [0.5, 0.6) is 0 Å².